The largest absolute Gasteiger partial charge is 0.355 e. The summed E-state index contributed by atoms with van der Waals surface area (Å²) < 4.78 is 0. The first-order valence-corrected chi connectivity index (χ1v) is 10.7. The maximum atomic E-state index is 11.1. The molecule has 0 amide bonds. The van der Waals surface area contributed by atoms with Crippen molar-refractivity contribution in [2.75, 3.05) is 5.32 Å². The summed E-state index contributed by atoms with van der Waals surface area (Å²) in [5.74, 6) is -0.146. The molecular formula is C30H25NO. The van der Waals surface area contributed by atoms with Crippen molar-refractivity contribution in [1.82, 2.24) is 0 Å². The Labute approximate surface area is 189 Å². The van der Waals surface area contributed by atoms with Gasteiger partial charge in [-0.1, -0.05) is 115 Å². The van der Waals surface area contributed by atoms with Crippen LogP contribution >= 0.6 is 0 Å². The Bertz CT molecular complexity index is 1210. The number of rotatable bonds is 5. The molecule has 0 atom stereocenters. The number of hydrogen-bond acceptors (Lipinski definition) is 2. The molecule has 2 heteroatoms. The van der Waals surface area contributed by atoms with E-state index in [-0.39, 0.29) is 5.92 Å². The summed E-state index contributed by atoms with van der Waals surface area (Å²) in [6.45, 7) is 0. The lowest BCUT2D eigenvalue weighted by Gasteiger charge is -2.10. The molecule has 156 valence electrons. The van der Waals surface area contributed by atoms with Crippen LogP contribution in [0.15, 0.2) is 133 Å². The molecule has 0 aliphatic carbocycles. The van der Waals surface area contributed by atoms with Crippen molar-refractivity contribution in [3.63, 3.8) is 0 Å². The number of hydrogen-bond donors (Lipinski definition) is 1. The monoisotopic (exact) mass is 415 g/mol. The van der Waals surface area contributed by atoms with Gasteiger partial charge in [-0.25, -0.2) is 0 Å². The van der Waals surface area contributed by atoms with Gasteiger partial charge in [0.05, 0.1) is 5.92 Å². The fourth-order valence-electron chi connectivity index (χ4n) is 3.68. The minimum absolute atomic E-state index is 0.146. The average molecular weight is 416 g/mol. The molecule has 0 unspecified atom stereocenters. The number of fused-ring (bicyclic) bond motifs is 1. The number of nitrogens with one attached hydrogen (secondary N) is 1. The van der Waals surface area contributed by atoms with E-state index in [1.807, 2.05) is 78.9 Å². The SMILES string of the molecule is O=CC(c1ccccc1)c1ccccc1.c1ccc(Nc2cccc3ccccc23)cc1. The highest BCUT2D eigenvalue weighted by Gasteiger charge is 2.11. The Kier molecular flexibility index (Phi) is 7.07. The second-order valence-electron chi connectivity index (χ2n) is 7.45. The first kappa shape index (κ1) is 21.1. The van der Waals surface area contributed by atoms with Crippen molar-refractivity contribution < 1.29 is 4.79 Å². The van der Waals surface area contributed by atoms with Crippen LogP contribution in [0.3, 0.4) is 0 Å². The lowest BCUT2D eigenvalue weighted by molar-refractivity contribution is -0.108. The van der Waals surface area contributed by atoms with Crippen LogP contribution in [-0.2, 0) is 4.79 Å². The molecule has 32 heavy (non-hydrogen) atoms. The summed E-state index contributed by atoms with van der Waals surface area (Å²) in [4.78, 5) is 11.1. The highest BCUT2D eigenvalue weighted by atomic mass is 16.1. The van der Waals surface area contributed by atoms with Gasteiger partial charge >= 0.3 is 0 Å². The van der Waals surface area contributed by atoms with E-state index in [2.05, 4.69) is 59.9 Å². The van der Waals surface area contributed by atoms with Crippen molar-refractivity contribution in [3.05, 3.63) is 145 Å². The predicted molar refractivity (Wildman–Crippen MR) is 134 cm³/mol. The lowest BCUT2D eigenvalue weighted by atomic mass is 9.93. The molecule has 0 saturated carbocycles. The zero-order chi connectivity index (χ0) is 22.0. The van der Waals surface area contributed by atoms with Gasteiger partial charge in [0.2, 0.25) is 0 Å². The number of anilines is 2. The van der Waals surface area contributed by atoms with E-state index in [0.717, 1.165) is 28.8 Å². The predicted octanol–water partition coefficient (Wildman–Crippen LogP) is 7.60. The van der Waals surface area contributed by atoms with E-state index in [1.54, 1.807) is 0 Å². The molecular weight excluding hydrogens is 390 g/mol. The van der Waals surface area contributed by atoms with Gasteiger partial charge in [0.15, 0.2) is 0 Å². The maximum Gasteiger partial charge on any atom is 0.131 e. The van der Waals surface area contributed by atoms with Crippen molar-refractivity contribution >= 4 is 28.4 Å². The molecule has 0 aromatic heterocycles. The van der Waals surface area contributed by atoms with E-state index >= 15 is 0 Å². The van der Waals surface area contributed by atoms with Gasteiger partial charge in [0.1, 0.15) is 6.29 Å². The third kappa shape index (κ3) is 5.30. The van der Waals surface area contributed by atoms with E-state index in [4.69, 9.17) is 0 Å². The molecule has 0 radical (unpaired) electrons. The summed E-state index contributed by atoms with van der Waals surface area (Å²) in [5.41, 5.74) is 4.34. The molecule has 0 spiro atoms. The van der Waals surface area contributed by atoms with Gasteiger partial charge in [0, 0.05) is 16.8 Å². The van der Waals surface area contributed by atoms with Gasteiger partial charge in [-0.3, -0.25) is 0 Å². The Morgan fingerprint density at radius 2 is 1.03 bits per heavy atom. The maximum absolute atomic E-state index is 11.1. The van der Waals surface area contributed by atoms with Gasteiger partial charge in [-0.2, -0.15) is 0 Å². The Morgan fingerprint density at radius 3 is 1.62 bits per heavy atom. The lowest BCUT2D eigenvalue weighted by Crippen LogP contribution is -2.01. The summed E-state index contributed by atoms with van der Waals surface area (Å²) in [6.07, 6.45) is 0.991. The number of carbonyl (C=O) groups excluding carboxylic acids is 1. The number of para-hydroxylation sites is 1. The van der Waals surface area contributed by atoms with Gasteiger partial charge in [-0.05, 0) is 34.7 Å². The quantitative estimate of drug-likeness (QED) is 0.299. The van der Waals surface area contributed by atoms with E-state index in [9.17, 15) is 4.79 Å². The topological polar surface area (TPSA) is 29.1 Å². The van der Waals surface area contributed by atoms with Gasteiger partial charge in [-0.15, -0.1) is 0 Å². The van der Waals surface area contributed by atoms with E-state index in [1.165, 1.54) is 10.8 Å². The first-order chi connectivity index (χ1) is 15.8. The minimum Gasteiger partial charge on any atom is -0.355 e. The third-order valence-corrected chi connectivity index (χ3v) is 5.30. The Hall–Kier alpha value is -4.17. The molecule has 5 aromatic rings. The first-order valence-electron chi connectivity index (χ1n) is 10.7. The fourth-order valence-corrected chi connectivity index (χ4v) is 3.68. The molecule has 0 fully saturated rings. The molecule has 5 aromatic carbocycles. The smallest absolute Gasteiger partial charge is 0.131 e. The van der Waals surface area contributed by atoms with Crippen LogP contribution in [0.1, 0.15) is 17.0 Å². The van der Waals surface area contributed by atoms with Crippen LogP contribution in [0.2, 0.25) is 0 Å². The highest BCUT2D eigenvalue weighted by molar-refractivity contribution is 5.95. The third-order valence-electron chi connectivity index (χ3n) is 5.30. The number of aldehydes is 1. The average Bonchev–Trinajstić information content (AvgIpc) is 2.87. The van der Waals surface area contributed by atoms with Crippen LogP contribution in [0.25, 0.3) is 10.8 Å². The Balaban J connectivity index is 0.000000155. The molecule has 2 nitrogen and oxygen atoms in total. The summed E-state index contributed by atoms with van der Waals surface area (Å²) in [7, 11) is 0. The van der Waals surface area contributed by atoms with Crippen LogP contribution < -0.4 is 5.32 Å². The van der Waals surface area contributed by atoms with Crippen LogP contribution in [0.5, 0.6) is 0 Å². The fraction of sp³-hybridized carbons (Fsp3) is 0.0333. The number of carbonyl (C=O) groups is 1. The van der Waals surface area contributed by atoms with E-state index in [0.29, 0.717) is 0 Å². The second-order valence-corrected chi connectivity index (χ2v) is 7.45. The highest BCUT2D eigenvalue weighted by Crippen LogP contribution is 2.26. The van der Waals surface area contributed by atoms with Crippen molar-refractivity contribution in [2.24, 2.45) is 0 Å². The molecule has 0 saturated heterocycles. The van der Waals surface area contributed by atoms with Crippen LogP contribution in [0, 0.1) is 0 Å². The molecule has 1 N–H and O–H groups in total. The van der Waals surface area contributed by atoms with Crippen LogP contribution in [0.4, 0.5) is 11.4 Å². The molecule has 0 aliphatic rings. The standard InChI is InChI=1S/C16H13N.C14H12O/c1-2-9-14(10-3-1)17-16-12-6-8-13-7-4-5-11-15(13)16;15-11-14(12-7-3-1-4-8-12)13-9-5-2-6-10-13/h1-12,17H;1-11,14H. The summed E-state index contributed by atoms with van der Waals surface area (Å²) in [6, 6.07) is 44.6. The Morgan fingerprint density at radius 1 is 0.531 bits per heavy atom. The zero-order valence-corrected chi connectivity index (χ0v) is 17.8. The van der Waals surface area contributed by atoms with E-state index < -0.39 is 0 Å². The van der Waals surface area contributed by atoms with Gasteiger partial charge < -0.3 is 10.1 Å². The molecule has 0 bridgehead atoms. The normalized spacial score (nSPS) is 10.3. The zero-order valence-electron chi connectivity index (χ0n) is 17.8. The summed E-state index contributed by atoms with van der Waals surface area (Å²) in [5, 5.41) is 5.95. The van der Waals surface area contributed by atoms with Crippen molar-refractivity contribution in [3.8, 4) is 0 Å². The molecule has 0 heterocycles. The molecule has 0 aliphatic heterocycles. The van der Waals surface area contributed by atoms with Crippen molar-refractivity contribution in [1.29, 1.82) is 0 Å². The number of benzene rings is 5. The van der Waals surface area contributed by atoms with Gasteiger partial charge in [0.25, 0.3) is 0 Å². The summed E-state index contributed by atoms with van der Waals surface area (Å²) >= 11 is 0. The minimum atomic E-state index is -0.146. The molecule has 5 rings (SSSR count). The van der Waals surface area contributed by atoms with Crippen LogP contribution in [-0.4, -0.2) is 6.29 Å². The van der Waals surface area contributed by atoms with Crippen molar-refractivity contribution in [2.45, 2.75) is 5.92 Å². The second kappa shape index (κ2) is 10.7.